The number of hydrogen-bond donors (Lipinski definition) is 2. The van der Waals surface area contributed by atoms with Crippen molar-refractivity contribution in [3.05, 3.63) is 106 Å². The van der Waals surface area contributed by atoms with Crippen LogP contribution >= 0.6 is 0 Å². The zero-order valence-corrected chi connectivity index (χ0v) is 61.1. The first-order valence-corrected chi connectivity index (χ1v) is 35.7. The number of hydrogen-bond acceptors (Lipinski definition) is 24. The molecule has 5 heterocycles. The van der Waals surface area contributed by atoms with Gasteiger partial charge in [0.05, 0.1) is 168 Å². The predicted octanol–water partition coefficient (Wildman–Crippen LogP) is 6.87. The second-order valence-electron chi connectivity index (χ2n) is 26.2. The summed E-state index contributed by atoms with van der Waals surface area (Å²) < 4.78 is 73.7. The van der Waals surface area contributed by atoms with Crippen molar-refractivity contribution in [1.29, 1.82) is 0 Å². The molecule has 3 aromatic carbocycles. The van der Waals surface area contributed by atoms with E-state index in [2.05, 4.69) is 10.3 Å². The van der Waals surface area contributed by atoms with Gasteiger partial charge in [0.25, 0.3) is 23.6 Å². The lowest BCUT2D eigenvalue weighted by atomic mass is 9.82. The predicted molar refractivity (Wildman–Crippen MR) is 382 cm³/mol. The second kappa shape index (κ2) is 42.4. The molecular weight excluding hydrogens is 1360 g/mol. The van der Waals surface area contributed by atoms with Crippen LogP contribution in [0, 0.1) is 17.8 Å². The van der Waals surface area contributed by atoms with E-state index < -0.39 is 47.9 Å². The number of ketones is 3. The standard InChI is InChI=1S/C76H100N6O23/c1-50(2)58(41-57(83)16-21-95-23-25-97-27-29-99-31-33-101-35-36-102-34-32-100-30-28-98-26-24-96-22-17-77-70(86)15-18-79-71(87)13-14-72(79)88)65(85)39-53(5)64(84)40-54-9-11-55(12-10-54)49-105-76(92)82-62-45-69(67(94-7)43-60(62)74(90)81-48-52(4)38-63(81)75(82)91)104-20-8-19-103-68-44-61-59(42-66(68)93-6)73(89)80-47-51(3)37-56(80)46-78-61/h9-14,42-48,50,53,56,58,63,75,91H,8,15-41,49H2,1-7H3,(H,77,86)/t53-,56+,58+,63+,75+/m1/s1. The Morgan fingerprint density at radius 2 is 1.10 bits per heavy atom. The molecule has 572 valence electrons. The monoisotopic (exact) mass is 1460 g/mol. The summed E-state index contributed by atoms with van der Waals surface area (Å²) in [5.74, 6) is -2.30. The summed E-state index contributed by atoms with van der Waals surface area (Å²) in [5.41, 5.74) is 4.16. The minimum atomic E-state index is -1.53. The van der Waals surface area contributed by atoms with Gasteiger partial charge in [0, 0.05) is 106 Å². The molecule has 0 bridgehead atoms. The molecule has 0 fully saturated rings. The van der Waals surface area contributed by atoms with E-state index in [0.717, 1.165) is 20.9 Å². The molecular formula is C76H100N6O23. The summed E-state index contributed by atoms with van der Waals surface area (Å²) in [5, 5.41) is 14.7. The molecule has 105 heavy (non-hydrogen) atoms. The number of rotatable bonds is 49. The number of fused-ring (bicyclic) bond motifs is 4. The Morgan fingerprint density at radius 3 is 1.67 bits per heavy atom. The molecule has 0 aromatic heterocycles. The first-order valence-electron chi connectivity index (χ1n) is 35.7. The Morgan fingerprint density at radius 1 is 0.581 bits per heavy atom. The van der Waals surface area contributed by atoms with E-state index in [1.807, 2.05) is 33.9 Å². The Hall–Kier alpha value is -8.78. The van der Waals surface area contributed by atoms with E-state index in [9.17, 15) is 48.3 Å². The fraction of sp³-hybridized carbons (Fsp3) is 0.553. The Labute approximate surface area is 612 Å². The van der Waals surface area contributed by atoms with Gasteiger partial charge in [0.2, 0.25) is 5.91 Å². The van der Waals surface area contributed by atoms with Gasteiger partial charge in [0.15, 0.2) is 29.2 Å². The number of aliphatic hydroxyl groups excluding tert-OH is 1. The maximum absolute atomic E-state index is 14.3. The smallest absolute Gasteiger partial charge is 0.416 e. The SMILES string of the molecule is COc1cc2c(cc1OCCCOc1cc3c(cc1OC)C(=O)N1C=C(C)C[C@H]1[C@H](O)N3C(=O)OCc1ccc(CC(=O)[C@H](C)CC(=O)[C@@H](CC(=O)CCOCCOCCOCCOCCOCCOCCOCCOCCNC(=O)CCN3C(=O)C=CC3=O)C(C)C)cc1)N=C[C@@H]1CC(C)=CN1C2=O. The third-order valence-corrected chi connectivity index (χ3v) is 17.9. The van der Waals surface area contributed by atoms with Crippen molar-refractivity contribution in [1.82, 2.24) is 20.0 Å². The highest BCUT2D eigenvalue weighted by molar-refractivity contribution is 6.13. The molecule has 29 nitrogen and oxygen atoms in total. The number of ether oxygens (including phenoxy) is 13. The van der Waals surface area contributed by atoms with E-state index in [1.54, 1.807) is 60.6 Å². The van der Waals surface area contributed by atoms with Crippen LogP contribution in [0.2, 0.25) is 0 Å². The molecule has 0 spiro atoms. The molecule has 29 heteroatoms. The molecule has 5 aliphatic rings. The number of anilines is 1. The molecule has 0 radical (unpaired) electrons. The molecule has 3 aromatic rings. The van der Waals surface area contributed by atoms with Crippen LogP contribution in [-0.2, 0) is 84.4 Å². The summed E-state index contributed by atoms with van der Waals surface area (Å²) >= 11 is 0. The van der Waals surface area contributed by atoms with Crippen molar-refractivity contribution in [2.45, 2.75) is 111 Å². The minimum Gasteiger partial charge on any atom is -0.493 e. The normalized spacial score (nSPS) is 17.2. The fourth-order valence-corrected chi connectivity index (χ4v) is 12.1. The molecule has 5 aliphatic heterocycles. The van der Waals surface area contributed by atoms with Crippen molar-refractivity contribution in [2.75, 3.05) is 151 Å². The number of carbonyl (C=O) groups excluding carboxylic acids is 9. The number of aliphatic hydroxyl groups is 1. The van der Waals surface area contributed by atoms with Gasteiger partial charge >= 0.3 is 6.09 Å². The number of aliphatic imine (C=N–C) groups is 1. The van der Waals surface area contributed by atoms with Crippen LogP contribution in [0.3, 0.4) is 0 Å². The van der Waals surface area contributed by atoms with Gasteiger partial charge in [0.1, 0.15) is 24.0 Å². The summed E-state index contributed by atoms with van der Waals surface area (Å²) in [6, 6.07) is 12.2. The number of imide groups is 1. The van der Waals surface area contributed by atoms with Crippen LogP contribution in [0.5, 0.6) is 23.0 Å². The highest BCUT2D eigenvalue weighted by Gasteiger charge is 2.45. The van der Waals surface area contributed by atoms with Gasteiger partial charge in [-0.1, -0.05) is 56.2 Å². The minimum absolute atomic E-state index is 0.0147. The van der Waals surface area contributed by atoms with Crippen molar-refractivity contribution in [2.24, 2.45) is 22.7 Å². The lowest BCUT2D eigenvalue weighted by molar-refractivity contribution is -0.137. The molecule has 2 N–H and O–H groups in total. The zero-order valence-electron chi connectivity index (χ0n) is 61.1. The van der Waals surface area contributed by atoms with Gasteiger partial charge in [-0.3, -0.25) is 48.2 Å². The average molecular weight is 1470 g/mol. The third kappa shape index (κ3) is 24.6. The maximum atomic E-state index is 14.3. The van der Waals surface area contributed by atoms with Crippen molar-refractivity contribution in [3.8, 4) is 23.0 Å². The van der Waals surface area contributed by atoms with E-state index in [0.29, 0.717) is 152 Å². The maximum Gasteiger partial charge on any atom is 0.416 e. The molecule has 5 atom stereocenters. The van der Waals surface area contributed by atoms with Crippen LogP contribution < -0.4 is 29.2 Å². The van der Waals surface area contributed by atoms with E-state index in [-0.39, 0.29) is 136 Å². The summed E-state index contributed by atoms with van der Waals surface area (Å²) in [7, 11) is 2.92. The first-order chi connectivity index (χ1) is 50.7. The van der Waals surface area contributed by atoms with Crippen molar-refractivity contribution >= 4 is 70.6 Å². The van der Waals surface area contributed by atoms with Gasteiger partial charge in [-0.25, -0.2) is 9.69 Å². The van der Waals surface area contributed by atoms with Crippen LogP contribution in [0.15, 0.2) is 89.2 Å². The molecule has 0 saturated heterocycles. The number of amides is 6. The van der Waals surface area contributed by atoms with Gasteiger partial charge in [-0.05, 0) is 55.9 Å². The number of nitrogens with one attached hydrogen (secondary N) is 1. The van der Waals surface area contributed by atoms with Crippen LogP contribution in [-0.4, -0.2) is 244 Å². The lowest BCUT2D eigenvalue weighted by Gasteiger charge is -2.31. The third-order valence-electron chi connectivity index (χ3n) is 17.9. The summed E-state index contributed by atoms with van der Waals surface area (Å²) in [6.45, 7) is 15.4. The van der Waals surface area contributed by atoms with Crippen LogP contribution in [0.1, 0.15) is 111 Å². The highest BCUT2D eigenvalue weighted by Crippen LogP contribution is 2.43. The van der Waals surface area contributed by atoms with Crippen LogP contribution in [0.25, 0.3) is 0 Å². The molecule has 0 unspecified atom stereocenters. The van der Waals surface area contributed by atoms with Gasteiger partial charge in [-0.15, -0.1) is 0 Å². The Bertz CT molecular complexity index is 3580. The topological polar surface area (TPSA) is 331 Å². The Balaban J connectivity index is 0.654. The van der Waals surface area contributed by atoms with E-state index in [4.69, 9.17) is 61.6 Å². The van der Waals surface area contributed by atoms with E-state index in [1.165, 1.54) is 43.4 Å². The average Bonchev–Trinajstić information content (AvgIpc) is 1.63. The molecule has 0 aliphatic carbocycles. The number of nitrogens with zero attached hydrogens (tertiary/aromatic N) is 5. The largest absolute Gasteiger partial charge is 0.493 e. The zero-order chi connectivity index (χ0) is 75.2. The summed E-state index contributed by atoms with van der Waals surface area (Å²) in [6.07, 6.45) is 6.77. The number of benzene rings is 3. The second-order valence-corrected chi connectivity index (χ2v) is 26.2. The van der Waals surface area contributed by atoms with Gasteiger partial charge < -0.3 is 81.8 Å². The molecule has 0 saturated carbocycles. The van der Waals surface area contributed by atoms with Crippen LogP contribution in [0.4, 0.5) is 16.2 Å². The highest BCUT2D eigenvalue weighted by atomic mass is 16.6. The molecule has 8 rings (SSSR count). The number of carbonyl (C=O) groups is 9. The first kappa shape index (κ1) is 81.9. The van der Waals surface area contributed by atoms with Crippen molar-refractivity contribution in [3.63, 3.8) is 0 Å². The molecule has 6 amide bonds. The van der Waals surface area contributed by atoms with E-state index >= 15 is 0 Å². The van der Waals surface area contributed by atoms with Gasteiger partial charge in [-0.2, -0.15) is 0 Å². The fourth-order valence-electron chi connectivity index (χ4n) is 12.1. The summed E-state index contributed by atoms with van der Waals surface area (Å²) in [4.78, 5) is 127. The lowest BCUT2D eigenvalue weighted by Crippen LogP contribution is -2.50. The number of methoxy groups -OCH3 is 2. The Kier molecular flexibility index (Phi) is 33.1. The quantitative estimate of drug-likeness (QED) is 0.0430. The van der Waals surface area contributed by atoms with Crippen molar-refractivity contribution < 1.29 is 110 Å². The number of Topliss-reactive ketones (excluding diaryl/α,β-unsaturated/α-hetero) is 3.